The summed E-state index contributed by atoms with van der Waals surface area (Å²) in [6.45, 7) is 1.91. The quantitative estimate of drug-likeness (QED) is 0.804. The van der Waals surface area contributed by atoms with Crippen LogP contribution in [-0.4, -0.2) is 19.1 Å². The van der Waals surface area contributed by atoms with Crippen molar-refractivity contribution in [2.75, 3.05) is 12.4 Å². The van der Waals surface area contributed by atoms with Crippen molar-refractivity contribution in [1.82, 2.24) is 0 Å². The van der Waals surface area contributed by atoms with E-state index in [-0.39, 0.29) is 12.0 Å². The molecule has 82 valence electrons. The fourth-order valence-electron chi connectivity index (χ4n) is 1.24. The molecule has 0 amide bonds. The van der Waals surface area contributed by atoms with E-state index in [4.69, 9.17) is 11.6 Å². The Morgan fingerprint density at radius 1 is 1.53 bits per heavy atom. The number of para-hydroxylation sites is 1. The Morgan fingerprint density at radius 3 is 2.73 bits per heavy atom. The number of methoxy groups -OCH3 is 1. The highest BCUT2D eigenvalue weighted by Crippen LogP contribution is 2.21. The first-order valence-corrected chi connectivity index (χ1v) is 5.15. The Morgan fingerprint density at radius 2 is 2.20 bits per heavy atom. The zero-order valence-electron chi connectivity index (χ0n) is 8.79. The Balaban J connectivity index is 2.75. The highest BCUT2D eigenvalue weighted by Gasteiger charge is 2.17. The zero-order valence-corrected chi connectivity index (χ0v) is 9.54. The van der Waals surface area contributed by atoms with Gasteiger partial charge in [0.1, 0.15) is 6.04 Å². The maximum absolute atomic E-state index is 11.3. The molecule has 0 spiro atoms. The summed E-state index contributed by atoms with van der Waals surface area (Å²) >= 11 is 5.96. The van der Waals surface area contributed by atoms with Crippen LogP contribution in [0.25, 0.3) is 0 Å². The van der Waals surface area contributed by atoms with Gasteiger partial charge in [-0.25, -0.2) is 4.79 Å². The Labute approximate surface area is 94.4 Å². The summed E-state index contributed by atoms with van der Waals surface area (Å²) in [4.78, 5) is 11.3. The lowest BCUT2D eigenvalue weighted by Crippen LogP contribution is -2.29. The fraction of sp³-hybridized carbons (Fsp3) is 0.364. The van der Waals surface area contributed by atoms with Crippen molar-refractivity contribution >= 4 is 23.3 Å². The predicted octanol–water partition coefficient (Wildman–Crippen LogP) is 2.70. The van der Waals surface area contributed by atoms with E-state index in [2.05, 4.69) is 10.1 Å². The molecular formula is C11H14ClNO2. The molecule has 0 aliphatic carbocycles. The van der Waals surface area contributed by atoms with Crippen LogP contribution >= 0.6 is 11.6 Å². The number of esters is 1. The number of ether oxygens (including phenoxy) is 1. The Kier molecular flexibility index (Phi) is 4.43. The van der Waals surface area contributed by atoms with Gasteiger partial charge in [0.05, 0.1) is 17.8 Å². The van der Waals surface area contributed by atoms with E-state index >= 15 is 0 Å². The molecule has 0 fully saturated rings. The summed E-state index contributed by atoms with van der Waals surface area (Å²) < 4.78 is 4.67. The molecule has 0 aliphatic heterocycles. The van der Waals surface area contributed by atoms with Crippen molar-refractivity contribution in [3.63, 3.8) is 0 Å². The molecule has 0 radical (unpaired) electrons. The van der Waals surface area contributed by atoms with E-state index in [0.717, 1.165) is 5.69 Å². The number of benzene rings is 1. The number of nitrogens with one attached hydrogen (secondary N) is 1. The Bertz CT molecular complexity index is 341. The average Bonchev–Trinajstić information content (AvgIpc) is 2.27. The molecule has 15 heavy (non-hydrogen) atoms. The average molecular weight is 228 g/mol. The van der Waals surface area contributed by atoms with E-state index in [0.29, 0.717) is 11.4 Å². The van der Waals surface area contributed by atoms with Gasteiger partial charge in [-0.3, -0.25) is 0 Å². The van der Waals surface area contributed by atoms with Crippen LogP contribution in [0, 0.1) is 0 Å². The van der Waals surface area contributed by atoms with Gasteiger partial charge in [-0.2, -0.15) is 0 Å². The summed E-state index contributed by atoms with van der Waals surface area (Å²) in [5, 5.41) is 3.64. The molecule has 0 aromatic heterocycles. The summed E-state index contributed by atoms with van der Waals surface area (Å²) in [7, 11) is 1.37. The van der Waals surface area contributed by atoms with Crippen LogP contribution in [0.4, 0.5) is 5.69 Å². The van der Waals surface area contributed by atoms with Gasteiger partial charge in [0.25, 0.3) is 0 Å². The molecule has 3 nitrogen and oxygen atoms in total. The van der Waals surface area contributed by atoms with Gasteiger partial charge < -0.3 is 10.1 Å². The topological polar surface area (TPSA) is 38.3 Å². The molecule has 0 bridgehead atoms. The molecule has 0 aliphatic rings. The van der Waals surface area contributed by atoms with Crippen LogP contribution in [0.15, 0.2) is 24.3 Å². The van der Waals surface area contributed by atoms with Gasteiger partial charge in [0.2, 0.25) is 0 Å². The van der Waals surface area contributed by atoms with Gasteiger partial charge in [0.15, 0.2) is 0 Å². The van der Waals surface area contributed by atoms with Crippen LogP contribution < -0.4 is 5.32 Å². The smallest absolute Gasteiger partial charge is 0.328 e. The molecule has 1 aromatic carbocycles. The van der Waals surface area contributed by atoms with Crippen molar-refractivity contribution in [2.24, 2.45) is 0 Å². The lowest BCUT2D eigenvalue weighted by Gasteiger charge is -2.16. The third-order valence-electron chi connectivity index (χ3n) is 2.10. The van der Waals surface area contributed by atoms with Crippen LogP contribution in [0.5, 0.6) is 0 Å². The fourth-order valence-corrected chi connectivity index (χ4v) is 1.43. The summed E-state index contributed by atoms with van der Waals surface area (Å²) in [5.41, 5.74) is 0.747. The molecule has 0 saturated heterocycles. The predicted molar refractivity (Wildman–Crippen MR) is 61.2 cm³/mol. The number of halogens is 1. The van der Waals surface area contributed by atoms with E-state index in [1.54, 1.807) is 6.07 Å². The molecule has 0 saturated carbocycles. The first-order chi connectivity index (χ1) is 7.19. The molecule has 1 aromatic rings. The molecule has 1 rings (SSSR count). The van der Waals surface area contributed by atoms with Crippen molar-refractivity contribution in [1.29, 1.82) is 0 Å². The molecule has 1 unspecified atom stereocenters. The molecule has 4 heteroatoms. The number of hydrogen-bond acceptors (Lipinski definition) is 3. The van der Waals surface area contributed by atoms with Crippen LogP contribution in [0.2, 0.25) is 5.02 Å². The van der Waals surface area contributed by atoms with E-state index < -0.39 is 0 Å². The first kappa shape index (κ1) is 11.9. The van der Waals surface area contributed by atoms with Gasteiger partial charge in [-0.15, -0.1) is 0 Å². The Hall–Kier alpha value is -1.22. The van der Waals surface area contributed by atoms with Gasteiger partial charge in [-0.05, 0) is 18.6 Å². The van der Waals surface area contributed by atoms with Gasteiger partial charge in [-0.1, -0.05) is 30.7 Å². The van der Waals surface area contributed by atoms with E-state index in [9.17, 15) is 4.79 Å². The van der Waals surface area contributed by atoms with Crippen molar-refractivity contribution in [3.05, 3.63) is 29.3 Å². The molecule has 1 atom stereocenters. The van der Waals surface area contributed by atoms with Crippen LogP contribution in [-0.2, 0) is 9.53 Å². The summed E-state index contributed by atoms with van der Waals surface area (Å²) in [6, 6.07) is 6.95. The van der Waals surface area contributed by atoms with Gasteiger partial charge >= 0.3 is 5.97 Å². The summed E-state index contributed by atoms with van der Waals surface area (Å²) in [6.07, 6.45) is 0.651. The first-order valence-electron chi connectivity index (χ1n) is 4.78. The molecular weight excluding hydrogens is 214 g/mol. The minimum atomic E-state index is -0.352. The van der Waals surface area contributed by atoms with E-state index in [1.807, 2.05) is 25.1 Å². The summed E-state index contributed by atoms with van der Waals surface area (Å²) in [5.74, 6) is -0.280. The number of carbonyl (C=O) groups is 1. The maximum atomic E-state index is 11.3. The van der Waals surface area contributed by atoms with Crippen molar-refractivity contribution in [2.45, 2.75) is 19.4 Å². The van der Waals surface area contributed by atoms with Crippen molar-refractivity contribution in [3.8, 4) is 0 Å². The van der Waals surface area contributed by atoms with Crippen LogP contribution in [0.3, 0.4) is 0 Å². The largest absolute Gasteiger partial charge is 0.467 e. The molecule has 0 heterocycles. The number of anilines is 1. The second-order valence-corrected chi connectivity index (χ2v) is 3.52. The number of rotatable bonds is 4. The second kappa shape index (κ2) is 5.61. The lowest BCUT2D eigenvalue weighted by atomic mass is 10.2. The molecule has 1 N–H and O–H groups in total. The minimum Gasteiger partial charge on any atom is -0.467 e. The third-order valence-corrected chi connectivity index (χ3v) is 2.43. The normalized spacial score (nSPS) is 11.9. The maximum Gasteiger partial charge on any atom is 0.328 e. The van der Waals surface area contributed by atoms with Crippen molar-refractivity contribution < 1.29 is 9.53 Å². The zero-order chi connectivity index (χ0) is 11.3. The minimum absolute atomic E-state index is 0.280. The highest BCUT2D eigenvalue weighted by atomic mass is 35.5. The lowest BCUT2D eigenvalue weighted by molar-refractivity contribution is -0.141. The number of hydrogen-bond donors (Lipinski definition) is 1. The second-order valence-electron chi connectivity index (χ2n) is 3.11. The SMILES string of the molecule is CCC(Nc1ccccc1Cl)C(=O)OC. The standard InChI is InChI=1S/C11H14ClNO2/c1-3-9(11(14)15-2)13-10-7-5-4-6-8(10)12/h4-7,9,13H,3H2,1-2H3. The van der Waals surface area contributed by atoms with E-state index in [1.165, 1.54) is 7.11 Å². The number of carbonyl (C=O) groups excluding carboxylic acids is 1. The monoisotopic (exact) mass is 227 g/mol. The van der Waals surface area contributed by atoms with Gasteiger partial charge in [0, 0.05) is 0 Å². The third kappa shape index (κ3) is 3.13. The highest BCUT2D eigenvalue weighted by molar-refractivity contribution is 6.33. The van der Waals surface area contributed by atoms with Crippen LogP contribution in [0.1, 0.15) is 13.3 Å².